The molecule has 15 heavy (non-hydrogen) atoms. The maximum atomic E-state index is 5.80. The van der Waals surface area contributed by atoms with E-state index in [4.69, 9.17) is 9.72 Å². The Bertz CT molecular complexity index is 345. The van der Waals surface area contributed by atoms with Crippen molar-refractivity contribution in [2.24, 2.45) is 0 Å². The van der Waals surface area contributed by atoms with Gasteiger partial charge in [0.25, 0.3) is 0 Å². The number of nitrogens with zero attached hydrogens (tertiary/aromatic N) is 1. The predicted molar refractivity (Wildman–Crippen MR) is 63.4 cm³/mol. The molecule has 0 N–H and O–H groups in total. The lowest BCUT2D eigenvalue weighted by atomic mass is 9.93. The van der Waals surface area contributed by atoms with E-state index in [-0.39, 0.29) is 11.0 Å². The molecule has 1 aromatic heterocycles. The molecule has 1 aliphatic rings. The van der Waals surface area contributed by atoms with Crippen LogP contribution in [0.25, 0.3) is 0 Å². The van der Waals surface area contributed by atoms with Crippen LogP contribution in [-0.2, 0) is 15.8 Å². The van der Waals surface area contributed by atoms with Gasteiger partial charge in [-0.05, 0) is 19.8 Å². The van der Waals surface area contributed by atoms with Gasteiger partial charge in [-0.2, -0.15) is 0 Å². The molecule has 1 atom stereocenters. The summed E-state index contributed by atoms with van der Waals surface area (Å²) in [6, 6.07) is 0. The number of hydrogen-bond donors (Lipinski definition) is 0. The van der Waals surface area contributed by atoms with Crippen LogP contribution < -0.4 is 0 Å². The first-order valence-electron chi connectivity index (χ1n) is 5.52. The van der Waals surface area contributed by atoms with Crippen LogP contribution in [0.5, 0.6) is 0 Å². The van der Waals surface area contributed by atoms with Crippen molar-refractivity contribution in [2.45, 2.75) is 51.6 Å². The molecule has 1 fully saturated rings. The molecule has 84 valence electrons. The molecule has 0 saturated carbocycles. The van der Waals surface area contributed by atoms with E-state index in [1.54, 1.807) is 11.3 Å². The van der Waals surface area contributed by atoms with Crippen molar-refractivity contribution in [3.63, 3.8) is 0 Å². The smallest absolute Gasteiger partial charge is 0.125 e. The Balaban J connectivity index is 2.27. The quantitative estimate of drug-likeness (QED) is 0.730. The van der Waals surface area contributed by atoms with Crippen LogP contribution in [-0.4, -0.2) is 11.6 Å². The van der Waals surface area contributed by atoms with E-state index < -0.39 is 0 Å². The van der Waals surface area contributed by atoms with Gasteiger partial charge in [0.05, 0.1) is 5.69 Å². The standard InChI is InChI=1S/C12H19NOS/c1-11(2,3)9-8-15-10(13-9)12(4)6-5-7-14-12/h8H,5-7H2,1-4H3. The fraction of sp³-hybridized carbons (Fsp3) is 0.750. The van der Waals surface area contributed by atoms with Crippen molar-refractivity contribution < 1.29 is 4.74 Å². The Hall–Kier alpha value is -0.410. The van der Waals surface area contributed by atoms with Gasteiger partial charge in [0, 0.05) is 17.4 Å². The molecule has 0 spiro atoms. The minimum absolute atomic E-state index is 0.117. The van der Waals surface area contributed by atoms with Crippen molar-refractivity contribution in [3.8, 4) is 0 Å². The van der Waals surface area contributed by atoms with Gasteiger partial charge in [-0.15, -0.1) is 11.3 Å². The van der Waals surface area contributed by atoms with Crippen LogP contribution in [0.2, 0.25) is 0 Å². The second-order valence-electron chi connectivity index (χ2n) is 5.47. The van der Waals surface area contributed by atoms with Crippen LogP contribution in [0.1, 0.15) is 51.2 Å². The van der Waals surface area contributed by atoms with E-state index in [1.807, 2.05) is 0 Å². The van der Waals surface area contributed by atoms with Gasteiger partial charge in [-0.3, -0.25) is 0 Å². The summed E-state index contributed by atoms with van der Waals surface area (Å²) in [6.07, 6.45) is 2.25. The zero-order valence-electron chi connectivity index (χ0n) is 9.96. The molecular formula is C12H19NOS. The maximum Gasteiger partial charge on any atom is 0.125 e. The average molecular weight is 225 g/mol. The van der Waals surface area contributed by atoms with Gasteiger partial charge in [-0.25, -0.2) is 4.98 Å². The molecule has 2 rings (SSSR count). The average Bonchev–Trinajstić information content (AvgIpc) is 2.69. The molecule has 3 heteroatoms. The summed E-state index contributed by atoms with van der Waals surface area (Å²) in [5.41, 5.74) is 1.21. The molecule has 2 nitrogen and oxygen atoms in total. The molecule has 0 amide bonds. The first-order valence-corrected chi connectivity index (χ1v) is 6.40. The van der Waals surface area contributed by atoms with Gasteiger partial charge >= 0.3 is 0 Å². The zero-order chi connectivity index (χ0) is 11.1. The minimum atomic E-state index is -0.117. The lowest BCUT2D eigenvalue weighted by molar-refractivity contribution is 0.0164. The SMILES string of the molecule is CC(C)(C)c1csc(C2(C)CCCO2)n1. The van der Waals surface area contributed by atoms with E-state index in [0.717, 1.165) is 24.5 Å². The summed E-state index contributed by atoms with van der Waals surface area (Å²) in [5.74, 6) is 0. The molecule has 1 saturated heterocycles. The highest BCUT2D eigenvalue weighted by Gasteiger charge is 2.35. The van der Waals surface area contributed by atoms with Gasteiger partial charge in [0.1, 0.15) is 10.6 Å². The monoisotopic (exact) mass is 225 g/mol. The minimum Gasteiger partial charge on any atom is -0.368 e. The van der Waals surface area contributed by atoms with Crippen molar-refractivity contribution in [2.75, 3.05) is 6.61 Å². The third-order valence-electron chi connectivity index (χ3n) is 2.94. The third kappa shape index (κ3) is 2.08. The third-order valence-corrected chi connectivity index (χ3v) is 4.03. The van der Waals surface area contributed by atoms with Gasteiger partial charge in [0.15, 0.2) is 0 Å². The normalized spacial score (nSPS) is 27.2. The van der Waals surface area contributed by atoms with Crippen LogP contribution >= 0.6 is 11.3 Å². The van der Waals surface area contributed by atoms with Crippen molar-refractivity contribution in [1.29, 1.82) is 0 Å². The van der Waals surface area contributed by atoms with E-state index in [2.05, 4.69) is 33.1 Å². The first kappa shape index (κ1) is 11.1. The van der Waals surface area contributed by atoms with E-state index >= 15 is 0 Å². The largest absolute Gasteiger partial charge is 0.368 e. The van der Waals surface area contributed by atoms with E-state index in [0.29, 0.717) is 0 Å². The number of aromatic nitrogens is 1. The molecule has 0 bridgehead atoms. The second-order valence-corrected chi connectivity index (χ2v) is 6.33. The van der Waals surface area contributed by atoms with Gasteiger partial charge in [-0.1, -0.05) is 20.8 Å². The van der Waals surface area contributed by atoms with Crippen LogP contribution in [0.4, 0.5) is 0 Å². The van der Waals surface area contributed by atoms with Crippen molar-refractivity contribution in [3.05, 3.63) is 16.1 Å². The molecule has 0 aliphatic carbocycles. The summed E-state index contributed by atoms with van der Waals surface area (Å²) < 4.78 is 5.80. The fourth-order valence-corrected chi connectivity index (χ4v) is 3.00. The van der Waals surface area contributed by atoms with Crippen LogP contribution in [0.15, 0.2) is 5.38 Å². The summed E-state index contributed by atoms with van der Waals surface area (Å²) in [7, 11) is 0. The summed E-state index contributed by atoms with van der Waals surface area (Å²) in [4.78, 5) is 4.73. The van der Waals surface area contributed by atoms with Crippen molar-refractivity contribution in [1.82, 2.24) is 4.98 Å². The molecular weight excluding hydrogens is 206 g/mol. The topological polar surface area (TPSA) is 22.1 Å². The lowest BCUT2D eigenvalue weighted by Gasteiger charge is -2.20. The molecule has 0 aromatic carbocycles. The Morgan fingerprint density at radius 3 is 2.67 bits per heavy atom. The van der Waals surface area contributed by atoms with E-state index in [9.17, 15) is 0 Å². The Labute approximate surface area is 95.7 Å². The van der Waals surface area contributed by atoms with Gasteiger partial charge < -0.3 is 4.74 Å². The predicted octanol–water partition coefficient (Wildman–Crippen LogP) is 3.47. The van der Waals surface area contributed by atoms with Gasteiger partial charge in [0.2, 0.25) is 0 Å². The molecule has 1 unspecified atom stereocenters. The van der Waals surface area contributed by atoms with E-state index in [1.165, 1.54) is 5.69 Å². The van der Waals surface area contributed by atoms with Crippen molar-refractivity contribution >= 4 is 11.3 Å². The molecule has 1 aromatic rings. The number of ether oxygens (including phenoxy) is 1. The Morgan fingerprint density at radius 1 is 1.47 bits per heavy atom. The number of hydrogen-bond acceptors (Lipinski definition) is 3. The first-order chi connectivity index (χ1) is 6.92. The highest BCUT2D eigenvalue weighted by atomic mass is 32.1. The second kappa shape index (κ2) is 3.56. The summed E-state index contributed by atoms with van der Waals surface area (Å²) in [5, 5.41) is 3.31. The Kier molecular flexibility index (Phi) is 2.63. The Morgan fingerprint density at radius 2 is 2.20 bits per heavy atom. The van der Waals surface area contributed by atoms with Crippen LogP contribution in [0.3, 0.4) is 0 Å². The summed E-state index contributed by atoms with van der Waals surface area (Å²) >= 11 is 1.74. The fourth-order valence-electron chi connectivity index (χ4n) is 1.81. The van der Waals surface area contributed by atoms with Crippen LogP contribution in [0, 0.1) is 0 Å². The zero-order valence-corrected chi connectivity index (χ0v) is 10.8. The highest BCUT2D eigenvalue weighted by molar-refractivity contribution is 7.09. The maximum absolute atomic E-state index is 5.80. The number of thiazole rings is 1. The number of rotatable bonds is 1. The molecule has 1 aliphatic heterocycles. The lowest BCUT2D eigenvalue weighted by Crippen LogP contribution is -2.20. The molecule has 2 heterocycles. The highest BCUT2D eigenvalue weighted by Crippen LogP contribution is 2.38. The summed E-state index contributed by atoms with van der Waals surface area (Å²) in [6.45, 7) is 9.63. The molecule has 0 radical (unpaired) electrons.